The molecule has 8 heteroatoms. The second-order valence-corrected chi connectivity index (χ2v) is 6.99. The molecule has 7 nitrogen and oxygen atoms in total. The minimum absolute atomic E-state index is 0.271. The number of carbonyl (C=O) groups is 1. The number of fused-ring (bicyclic) bond motifs is 1. The lowest BCUT2D eigenvalue weighted by molar-refractivity contribution is 0.102. The number of aromatic nitrogens is 4. The van der Waals surface area contributed by atoms with Crippen molar-refractivity contribution >= 4 is 32.6 Å². The largest absolute Gasteiger partial charge is 0.317 e. The molecule has 3 aromatic rings. The van der Waals surface area contributed by atoms with Crippen LogP contribution in [0.1, 0.15) is 34.9 Å². The van der Waals surface area contributed by atoms with Gasteiger partial charge in [-0.05, 0) is 44.5 Å². The SMILES string of the molecule is Cc1cccc2sc(NC(=O)c3cn(C4CCNCC4)nn3)nc12. The summed E-state index contributed by atoms with van der Waals surface area (Å²) in [7, 11) is 0. The van der Waals surface area contributed by atoms with Crippen molar-refractivity contribution in [3.8, 4) is 0 Å². The van der Waals surface area contributed by atoms with Crippen molar-refractivity contribution in [3.05, 3.63) is 35.7 Å². The summed E-state index contributed by atoms with van der Waals surface area (Å²) in [6, 6.07) is 6.32. The number of benzene rings is 1. The van der Waals surface area contributed by atoms with E-state index >= 15 is 0 Å². The Kier molecular flexibility index (Phi) is 3.99. The smallest absolute Gasteiger partial charge is 0.279 e. The maximum absolute atomic E-state index is 12.4. The van der Waals surface area contributed by atoms with Crippen LogP contribution in [0.2, 0.25) is 0 Å². The van der Waals surface area contributed by atoms with Gasteiger partial charge in [0, 0.05) is 0 Å². The van der Waals surface area contributed by atoms with Gasteiger partial charge in [0.2, 0.25) is 0 Å². The number of aryl methyl sites for hydroxylation is 1. The third-order valence-electron chi connectivity index (χ3n) is 4.27. The normalized spacial score (nSPS) is 15.7. The van der Waals surface area contributed by atoms with Crippen molar-refractivity contribution in [2.75, 3.05) is 18.4 Å². The molecule has 1 fully saturated rings. The molecule has 124 valence electrons. The molecule has 1 aliphatic rings. The lowest BCUT2D eigenvalue weighted by Gasteiger charge is -2.21. The van der Waals surface area contributed by atoms with Gasteiger partial charge in [-0.25, -0.2) is 9.67 Å². The van der Waals surface area contributed by atoms with Crippen LogP contribution >= 0.6 is 11.3 Å². The van der Waals surface area contributed by atoms with Gasteiger partial charge in [-0.3, -0.25) is 10.1 Å². The van der Waals surface area contributed by atoms with Crippen LogP contribution < -0.4 is 10.6 Å². The van der Waals surface area contributed by atoms with E-state index in [0.29, 0.717) is 16.9 Å². The monoisotopic (exact) mass is 342 g/mol. The maximum Gasteiger partial charge on any atom is 0.279 e. The third-order valence-corrected chi connectivity index (χ3v) is 5.20. The zero-order valence-electron chi connectivity index (χ0n) is 13.3. The Morgan fingerprint density at radius 2 is 2.21 bits per heavy atom. The molecule has 24 heavy (non-hydrogen) atoms. The van der Waals surface area contributed by atoms with Gasteiger partial charge < -0.3 is 5.32 Å². The molecule has 0 spiro atoms. The maximum atomic E-state index is 12.4. The fourth-order valence-electron chi connectivity index (χ4n) is 2.93. The molecule has 2 aromatic heterocycles. The lowest BCUT2D eigenvalue weighted by atomic mass is 10.1. The molecule has 1 amide bonds. The Labute approximate surface area is 143 Å². The van der Waals surface area contributed by atoms with Crippen molar-refractivity contribution in [1.82, 2.24) is 25.3 Å². The van der Waals surface area contributed by atoms with Gasteiger partial charge in [0.05, 0.1) is 22.5 Å². The molecule has 0 radical (unpaired) electrons. The summed E-state index contributed by atoms with van der Waals surface area (Å²) < 4.78 is 2.86. The fraction of sp³-hybridized carbons (Fsp3) is 0.375. The van der Waals surface area contributed by atoms with E-state index in [1.165, 1.54) is 11.3 Å². The molecular formula is C16H18N6OS. The van der Waals surface area contributed by atoms with E-state index in [1.807, 2.05) is 25.1 Å². The van der Waals surface area contributed by atoms with Crippen molar-refractivity contribution in [3.63, 3.8) is 0 Å². The highest BCUT2D eigenvalue weighted by atomic mass is 32.1. The van der Waals surface area contributed by atoms with Crippen LogP contribution in [0.5, 0.6) is 0 Å². The molecular weight excluding hydrogens is 324 g/mol. The second kappa shape index (κ2) is 6.29. The van der Waals surface area contributed by atoms with Gasteiger partial charge in [-0.1, -0.05) is 28.7 Å². The second-order valence-electron chi connectivity index (χ2n) is 5.96. The third kappa shape index (κ3) is 2.90. The first kappa shape index (κ1) is 15.2. The average Bonchev–Trinajstić information content (AvgIpc) is 3.23. The molecule has 4 rings (SSSR count). The van der Waals surface area contributed by atoms with Crippen molar-refractivity contribution < 1.29 is 4.79 Å². The highest BCUT2D eigenvalue weighted by molar-refractivity contribution is 7.22. The first-order valence-electron chi connectivity index (χ1n) is 8.01. The summed E-state index contributed by atoms with van der Waals surface area (Å²) in [5.41, 5.74) is 2.35. The summed E-state index contributed by atoms with van der Waals surface area (Å²) in [6.45, 7) is 3.95. The number of nitrogens with one attached hydrogen (secondary N) is 2. The Morgan fingerprint density at radius 3 is 3.00 bits per heavy atom. The van der Waals surface area contributed by atoms with Gasteiger partial charge in [0.25, 0.3) is 5.91 Å². The minimum atomic E-state index is -0.271. The summed E-state index contributed by atoms with van der Waals surface area (Å²) in [5.74, 6) is -0.271. The fourth-order valence-corrected chi connectivity index (χ4v) is 3.87. The number of thiazole rings is 1. The molecule has 1 saturated heterocycles. The molecule has 1 aromatic carbocycles. The first-order chi connectivity index (χ1) is 11.7. The molecule has 0 bridgehead atoms. The molecule has 0 atom stereocenters. The van der Waals surface area contributed by atoms with Gasteiger partial charge in [0.1, 0.15) is 0 Å². The van der Waals surface area contributed by atoms with E-state index in [9.17, 15) is 4.79 Å². The van der Waals surface area contributed by atoms with E-state index in [-0.39, 0.29) is 5.91 Å². The van der Waals surface area contributed by atoms with Crippen molar-refractivity contribution in [1.29, 1.82) is 0 Å². The van der Waals surface area contributed by atoms with E-state index in [2.05, 4.69) is 25.9 Å². The van der Waals surface area contributed by atoms with Crippen LogP contribution in [0.25, 0.3) is 10.2 Å². The number of amides is 1. The topological polar surface area (TPSA) is 84.7 Å². The van der Waals surface area contributed by atoms with Gasteiger partial charge in [-0.2, -0.15) is 0 Å². The number of para-hydroxylation sites is 1. The lowest BCUT2D eigenvalue weighted by Crippen LogP contribution is -2.29. The summed E-state index contributed by atoms with van der Waals surface area (Å²) in [5, 5.41) is 14.9. The van der Waals surface area contributed by atoms with Gasteiger partial charge in [-0.15, -0.1) is 5.10 Å². The predicted octanol–water partition coefficient (Wildman–Crippen LogP) is 2.37. The number of rotatable bonds is 3. The zero-order valence-corrected chi connectivity index (χ0v) is 14.1. The quantitative estimate of drug-likeness (QED) is 0.763. The van der Waals surface area contributed by atoms with Crippen molar-refractivity contribution in [2.45, 2.75) is 25.8 Å². The zero-order chi connectivity index (χ0) is 16.5. The number of hydrogen-bond donors (Lipinski definition) is 2. The van der Waals surface area contributed by atoms with Gasteiger partial charge >= 0.3 is 0 Å². The number of hydrogen-bond acceptors (Lipinski definition) is 6. The molecule has 0 unspecified atom stereocenters. The summed E-state index contributed by atoms with van der Waals surface area (Å²) in [6.07, 6.45) is 3.73. The van der Waals surface area contributed by atoms with E-state index in [0.717, 1.165) is 41.7 Å². The number of carbonyl (C=O) groups excluding carboxylic acids is 1. The minimum Gasteiger partial charge on any atom is -0.317 e. The van der Waals surface area contributed by atoms with Crippen LogP contribution in [0.4, 0.5) is 5.13 Å². The Morgan fingerprint density at radius 1 is 1.38 bits per heavy atom. The van der Waals surface area contributed by atoms with E-state index < -0.39 is 0 Å². The molecule has 2 N–H and O–H groups in total. The van der Waals surface area contributed by atoms with Crippen LogP contribution in [0, 0.1) is 6.92 Å². The highest BCUT2D eigenvalue weighted by Gasteiger charge is 2.19. The molecule has 0 saturated carbocycles. The Balaban J connectivity index is 1.51. The van der Waals surface area contributed by atoms with E-state index in [4.69, 9.17) is 0 Å². The summed E-state index contributed by atoms with van der Waals surface area (Å²) >= 11 is 1.46. The molecule has 1 aliphatic heterocycles. The predicted molar refractivity (Wildman–Crippen MR) is 93.5 cm³/mol. The van der Waals surface area contributed by atoms with Crippen LogP contribution in [0.15, 0.2) is 24.4 Å². The standard InChI is InChI=1S/C16H18N6OS/c1-10-3-2-4-13-14(10)18-16(24-13)19-15(23)12-9-22(21-20-12)11-5-7-17-8-6-11/h2-4,9,11,17H,5-8H2,1H3,(H,18,19,23). The number of piperidine rings is 1. The summed E-state index contributed by atoms with van der Waals surface area (Å²) in [4.78, 5) is 16.9. The van der Waals surface area contributed by atoms with Crippen LogP contribution in [-0.2, 0) is 0 Å². The average molecular weight is 342 g/mol. The van der Waals surface area contributed by atoms with Gasteiger partial charge in [0.15, 0.2) is 10.8 Å². The van der Waals surface area contributed by atoms with E-state index in [1.54, 1.807) is 10.9 Å². The van der Waals surface area contributed by atoms with Crippen molar-refractivity contribution in [2.24, 2.45) is 0 Å². The van der Waals surface area contributed by atoms with Crippen LogP contribution in [-0.4, -0.2) is 39.0 Å². The number of anilines is 1. The Bertz CT molecular complexity index is 880. The molecule has 3 heterocycles. The molecule has 0 aliphatic carbocycles. The highest BCUT2D eigenvalue weighted by Crippen LogP contribution is 2.28. The Hall–Kier alpha value is -2.32. The number of nitrogens with zero attached hydrogens (tertiary/aromatic N) is 4. The first-order valence-corrected chi connectivity index (χ1v) is 8.82. The van der Waals surface area contributed by atoms with Crippen LogP contribution in [0.3, 0.4) is 0 Å².